The Morgan fingerprint density at radius 3 is 2.58 bits per heavy atom. The quantitative estimate of drug-likeness (QED) is 0.0248. The number of allylic oxidation sites excluding steroid dienone is 9. The summed E-state index contributed by atoms with van der Waals surface area (Å²) in [7, 11) is 3.68. The van der Waals surface area contributed by atoms with Crippen LogP contribution in [-0.2, 0) is 26.1 Å². The molecule has 4 saturated carbocycles. The number of hydrogen-bond acceptors (Lipinski definition) is 12. The maximum absolute atomic E-state index is 13.2. The molecule has 74 heavy (non-hydrogen) atoms. The van der Waals surface area contributed by atoms with Gasteiger partial charge in [0.1, 0.15) is 12.4 Å². The number of methoxy groups -OCH3 is 1. The van der Waals surface area contributed by atoms with Crippen LogP contribution in [0.1, 0.15) is 128 Å². The van der Waals surface area contributed by atoms with Crippen LogP contribution >= 0.6 is 0 Å². The van der Waals surface area contributed by atoms with Crippen molar-refractivity contribution in [2.24, 2.45) is 40.9 Å². The summed E-state index contributed by atoms with van der Waals surface area (Å²) in [6.07, 6.45) is 25.2. The molecule has 12 nitrogen and oxygen atoms in total. The predicted molar refractivity (Wildman–Crippen MR) is 294 cm³/mol. The lowest BCUT2D eigenvalue weighted by atomic mass is 9.45. The number of aliphatic hydroxyl groups is 6. The first-order valence-corrected chi connectivity index (χ1v) is 28.5. The molecular formula is C62H95N3O9. The molecule has 0 radical (unpaired) electrons. The van der Waals surface area contributed by atoms with Crippen molar-refractivity contribution in [1.82, 2.24) is 16.0 Å². The summed E-state index contributed by atoms with van der Waals surface area (Å²) in [5, 5.41) is 78.0. The molecule has 0 aromatic heterocycles. The highest BCUT2D eigenvalue weighted by molar-refractivity contribution is 5.74. The van der Waals surface area contributed by atoms with Crippen molar-refractivity contribution in [1.29, 1.82) is 0 Å². The fraction of sp³-hybridized carbons (Fsp3) is 0.694. The molecule has 412 valence electrons. The average molecular weight is 1030 g/mol. The predicted octanol–water partition coefficient (Wildman–Crippen LogP) is 7.13. The highest BCUT2D eigenvalue weighted by Crippen LogP contribution is 2.67. The third-order valence-electron chi connectivity index (χ3n) is 19.2. The summed E-state index contributed by atoms with van der Waals surface area (Å²) in [6.45, 7) is 12.9. The lowest BCUT2D eigenvalue weighted by Crippen LogP contribution is -2.65. The Balaban J connectivity index is 1.23. The van der Waals surface area contributed by atoms with E-state index >= 15 is 0 Å². The lowest BCUT2D eigenvalue weighted by molar-refractivity contribution is -0.194. The minimum absolute atomic E-state index is 0.0593. The lowest BCUT2D eigenvalue weighted by Gasteiger charge is -2.61. The first-order chi connectivity index (χ1) is 35.6. The van der Waals surface area contributed by atoms with Gasteiger partial charge in [-0.3, -0.25) is 4.79 Å². The summed E-state index contributed by atoms with van der Waals surface area (Å²) in [5.74, 6) is -0.576. The number of fused-ring (bicyclic) bond motifs is 6. The maximum Gasteiger partial charge on any atom is 0.145 e. The van der Waals surface area contributed by atoms with Crippen molar-refractivity contribution in [3.8, 4) is 0 Å². The second kappa shape index (κ2) is 26.5. The molecule has 4 fully saturated rings. The fourth-order valence-corrected chi connectivity index (χ4v) is 15.5. The van der Waals surface area contributed by atoms with Gasteiger partial charge in [0.2, 0.25) is 0 Å². The Morgan fingerprint density at radius 2 is 1.86 bits per heavy atom. The molecule has 4 bridgehead atoms. The zero-order valence-electron chi connectivity index (χ0n) is 45.7. The van der Waals surface area contributed by atoms with Gasteiger partial charge in [0.05, 0.1) is 37.6 Å². The largest absolute Gasteiger partial charge is 0.396 e. The Labute approximate surface area is 443 Å². The number of carbonyl (C=O) groups excluding carboxylic acids is 1. The van der Waals surface area contributed by atoms with Crippen molar-refractivity contribution >= 4 is 6.29 Å². The van der Waals surface area contributed by atoms with Gasteiger partial charge < -0.3 is 56.1 Å². The van der Waals surface area contributed by atoms with Crippen LogP contribution in [0.15, 0.2) is 95.2 Å². The SMILES string of the molecule is C=C(C=CC=C(COCC(O)CO)C1CCC2(C1O)C1C(=C(C)C=O)C(C=CC1CCO)CC2(O)CCNC)C1CC=C(C)CNC(CCOC)(C2CCCC(NCC(C)O)C2)Cc2cccc(c2)C12CCCC2. The van der Waals surface area contributed by atoms with Gasteiger partial charge in [0.15, 0.2) is 0 Å². The number of aliphatic hydroxyl groups excluding tert-OH is 5. The molecule has 9 N–H and O–H groups in total. The Bertz CT molecular complexity index is 2180. The van der Waals surface area contributed by atoms with Crippen molar-refractivity contribution in [3.05, 3.63) is 106 Å². The number of benzene rings is 1. The van der Waals surface area contributed by atoms with Gasteiger partial charge in [-0.1, -0.05) is 103 Å². The van der Waals surface area contributed by atoms with Gasteiger partial charge in [0.25, 0.3) is 0 Å². The van der Waals surface area contributed by atoms with Crippen molar-refractivity contribution in [2.45, 2.75) is 164 Å². The molecule has 0 amide bonds. The summed E-state index contributed by atoms with van der Waals surface area (Å²) < 4.78 is 12.0. The molecule has 2 spiro atoms. The zero-order chi connectivity index (χ0) is 53.1. The minimum Gasteiger partial charge on any atom is -0.396 e. The number of aldehydes is 1. The smallest absolute Gasteiger partial charge is 0.145 e. The molecule has 1 aromatic rings. The number of carbonyl (C=O) groups is 1. The van der Waals surface area contributed by atoms with E-state index in [4.69, 9.17) is 16.1 Å². The minimum atomic E-state index is -1.28. The van der Waals surface area contributed by atoms with E-state index in [1.165, 1.54) is 16.7 Å². The molecule has 5 aliphatic carbocycles. The van der Waals surface area contributed by atoms with Crippen LogP contribution in [0, 0.1) is 40.9 Å². The number of ether oxygens (including phenoxy) is 2. The van der Waals surface area contributed by atoms with E-state index in [1.54, 1.807) is 0 Å². The molecule has 1 aliphatic heterocycles. The number of rotatable bonds is 22. The second-order valence-corrected chi connectivity index (χ2v) is 23.8. The topological polar surface area (TPSA) is 193 Å². The summed E-state index contributed by atoms with van der Waals surface area (Å²) in [6, 6.07) is 9.81. The molecule has 13 atom stereocenters. The van der Waals surface area contributed by atoms with E-state index in [0.29, 0.717) is 69.3 Å². The summed E-state index contributed by atoms with van der Waals surface area (Å²) >= 11 is 0. The molecule has 13 unspecified atom stereocenters. The molecule has 6 aliphatic rings. The Hall–Kier alpha value is -3.11. The number of hydrogen-bond donors (Lipinski definition) is 9. The summed E-state index contributed by atoms with van der Waals surface area (Å²) in [5.41, 5.74) is 4.87. The molecular weight excluding hydrogens is 931 g/mol. The highest BCUT2D eigenvalue weighted by atomic mass is 16.5. The van der Waals surface area contributed by atoms with E-state index in [2.05, 4.69) is 77.5 Å². The van der Waals surface area contributed by atoms with Crippen molar-refractivity contribution < 1.29 is 44.9 Å². The van der Waals surface area contributed by atoms with E-state index in [9.17, 15) is 35.4 Å². The van der Waals surface area contributed by atoms with E-state index in [1.807, 2.05) is 34.1 Å². The van der Waals surface area contributed by atoms with Gasteiger partial charge in [-0.15, -0.1) is 0 Å². The van der Waals surface area contributed by atoms with Crippen LogP contribution in [0.4, 0.5) is 0 Å². The molecule has 7 rings (SSSR count). The first-order valence-electron chi connectivity index (χ1n) is 28.5. The normalized spacial score (nSPS) is 34.9. The van der Waals surface area contributed by atoms with Crippen LogP contribution in [0.3, 0.4) is 0 Å². The van der Waals surface area contributed by atoms with E-state index in [-0.39, 0.29) is 60.6 Å². The summed E-state index contributed by atoms with van der Waals surface area (Å²) in [4.78, 5) is 12.6. The van der Waals surface area contributed by atoms with Gasteiger partial charge in [-0.05, 0) is 164 Å². The van der Waals surface area contributed by atoms with Gasteiger partial charge in [0, 0.05) is 67.7 Å². The van der Waals surface area contributed by atoms with Crippen LogP contribution < -0.4 is 16.0 Å². The van der Waals surface area contributed by atoms with Crippen molar-refractivity contribution in [2.75, 3.05) is 66.8 Å². The van der Waals surface area contributed by atoms with Crippen molar-refractivity contribution in [3.63, 3.8) is 0 Å². The van der Waals surface area contributed by atoms with Gasteiger partial charge in [-0.2, -0.15) is 0 Å². The standard InChI is InChI=1S/C62H95N3O9/c1-42-18-21-55(59(24-7-8-25-59)50-15-10-13-46(32-50)34-60(65-36-42,28-31-73-6)51-16-11-17-52(33-51)64-37-45(4)69)43(2)12-9-14-49(40-74-41-53(70)39-68)54-22-26-62(58(54)71)57-47(23-30-66)19-20-48(56(57)44(3)38-67)35-61(62,72)27-29-63-5/h9-10,12-15,18-20,32,38,45,47-48,51-55,57-58,63-66,68-72H,2,7-8,11,16-17,21-31,33-37,39-41H2,1,3-6H3. The molecule has 0 saturated heterocycles. The van der Waals surface area contributed by atoms with Gasteiger partial charge in [-0.25, -0.2) is 0 Å². The van der Waals surface area contributed by atoms with Gasteiger partial charge >= 0.3 is 0 Å². The van der Waals surface area contributed by atoms with Crippen LogP contribution in [0.2, 0.25) is 0 Å². The third kappa shape index (κ3) is 12.6. The average Bonchev–Trinajstić information content (AvgIpc) is 4.03. The number of nitrogens with one attached hydrogen (secondary N) is 3. The third-order valence-corrected chi connectivity index (χ3v) is 19.2. The zero-order valence-corrected chi connectivity index (χ0v) is 45.7. The molecule has 1 heterocycles. The molecule has 12 heteroatoms. The first kappa shape index (κ1) is 58.6. The fourth-order valence-electron chi connectivity index (χ4n) is 15.5. The van der Waals surface area contributed by atoms with Crippen LogP contribution in [0.5, 0.6) is 0 Å². The monoisotopic (exact) mass is 1030 g/mol. The Morgan fingerprint density at radius 1 is 1.07 bits per heavy atom. The molecule has 1 aromatic carbocycles. The van der Waals surface area contributed by atoms with E-state index in [0.717, 1.165) is 100 Å². The maximum atomic E-state index is 13.2. The van der Waals surface area contributed by atoms with Crippen LogP contribution in [0.25, 0.3) is 0 Å². The second-order valence-electron chi connectivity index (χ2n) is 23.8. The van der Waals surface area contributed by atoms with E-state index < -0.39 is 35.7 Å². The Kier molecular flexibility index (Phi) is 21.0. The van der Waals surface area contributed by atoms with Crippen LogP contribution in [-0.4, -0.2) is 139 Å². The highest BCUT2D eigenvalue weighted by Gasteiger charge is 2.68.